The van der Waals surface area contributed by atoms with Crippen LogP contribution < -0.4 is 10.6 Å². The zero-order chi connectivity index (χ0) is 60.3. The van der Waals surface area contributed by atoms with Crippen molar-refractivity contribution in [2.45, 2.75) is 223 Å². The number of rotatable bonds is 21. The molecule has 22 N–H and O–H groups in total. The van der Waals surface area contributed by atoms with Gasteiger partial charge in [-0.3, -0.25) is 9.59 Å². The molecule has 0 spiro atoms. The van der Waals surface area contributed by atoms with Crippen LogP contribution in [0.1, 0.15) is 13.8 Å². The maximum atomic E-state index is 13.0. The van der Waals surface area contributed by atoms with Gasteiger partial charge in [0.1, 0.15) is 165 Å². The third kappa shape index (κ3) is 14.3. The molecule has 37 heteroatoms. The Balaban J connectivity index is 1.26. The van der Waals surface area contributed by atoms with Crippen molar-refractivity contribution < 1.29 is 173 Å². The smallest absolute Gasteiger partial charge is 0.217 e. The van der Waals surface area contributed by atoms with E-state index in [1.807, 2.05) is 0 Å². The van der Waals surface area contributed by atoms with Crippen molar-refractivity contribution in [3.8, 4) is 0 Å². The monoisotopic (exact) mass is 1200 g/mol. The fourth-order valence-corrected chi connectivity index (χ4v) is 10.5. The summed E-state index contributed by atoms with van der Waals surface area (Å²) in [5, 5.41) is 219. The fourth-order valence-electron chi connectivity index (χ4n) is 10.5. The van der Waals surface area contributed by atoms with Crippen molar-refractivity contribution in [2.24, 2.45) is 0 Å². The SMILES string of the molecule is CC(=O)N[C@@H]1[C@@H](O[C@H]2O[C@H](CO)[C@H](O)[C@H](O)[C@H]2O)[C@H](O[C@@H]2O[C@H](CO)[C@@H](O[C@@H]3O[C@H](CO[C@H]4O[C@H](CO)[C@@H](O)[C@H](O)[C@@H]4O)[C@@H](O)[C@H](O[C@H]4O[C@H](CO)[C@@H](O)[C@H](O)[C@@H]4O)[C@@H]3O[C@@H]3O[C@H](CO)[C@H](O)[C@H]3O)[C@H](O)[C@H]2NC(C)=O)[C@@H](CO)O[C@H]1O. The summed E-state index contributed by atoms with van der Waals surface area (Å²) >= 11 is 0. The van der Waals surface area contributed by atoms with E-state index in [1.165, 1.54) is 0 Å². The number of aliphatic hydroxyl groups is 20. The zero-order valence-corrected chi connectivity index (χ0v) is 43.6. The molecule has 7 saturated heterocycles. The van der Waals surface area contributed by atoms with Gasteiger partial charge in [0.25, 0.3) is 0 Å². The molecule has 0 aromatic rings. The van der Waals surface area contributed by atoms with Crippen LogP contribution in [0.4, 0.5) is 0 Å². The molecule has 7 rings (SSSR count). The Hall–Kier alpha value is -2.38. The van der Waals surface area contributed by atoms with Crippen LogP contribution >= 0.6 is 0 Å². The second-order valence-electron chi connectivity index (χ2n) is 20.6. The van der Waals surface area contributed by atoms with Gasteiger partial charge in [-0.25, -0.2) is 0 Å². The highest BCUT2D eigenvalue weighted by Gasteiger charge is 2.60. The van der Waals surface area contributed by atoms with Crippen molar-refractivity contribution in [3.05, 3.63) is 0 Å². The van der Waals surface area contributed by atoms with Gasteiger partial charge in [0, 0.05) is 13.8 Å². The maximum Gasteiger partial charge on any atom is 0.217 e. The largest absolute Gasteiger partial charge is 0.394 e. The van der Waals surface area contributed by atoms with Gasteiger partial charge in [-0.05, 0) is 0 Å². The number of hydrogen-bond acceptors (Lipinski definition) is 35. The molecule has 0 unspecified atom stereocenters. The van der Waals surface area contributed by atoms with Crippen LogP contribution in [0.3, 0.4) is 0 Å². The van der Waals surface area contributed by atoms with Crippen LogP contribution in [-0.2, 0) is 71.2 Å². The molecule has 37 nitrogen and oxygen atoms in total. The molecule has 7 aliphatic rings. The van der Waals surface area contributed by atoms with Gasteiger partial charge < -0.3 is 174 Å². The molecule has 0 aromatic carbocycles. The van der Waals surface area contributed by atoms with E-state index in [1.54, 1.807) is 0 Å². The minimum atomic E-state index is -2.28. The van der Waals surface area contributed by atoms with E-state index in [0.717, 1.165) is 13.8 Å². The van der Waals surface area contributed by atoms with E-state index < -0.39 is 267 Å². The Morgan fingerprint density at radius 3 is 1.12 bits per heavy atom. The lowest BCUT2D eigenvalue weighted by Crippen LogP contribution is -2.71. The van der Waals surface area contributed by atoms with Crippen molar-refractivity contribution in [2.75, 3.05) is 46.2 Å². The highest BCUT2D eigenvalue weighted by Crippen LogP contribution is 2.39. The van der Waals surface area contributed by atoms with E-state index in [9.17, 15) is 112 Å². The molecule has 7 fully saturated rings. The van der Waals surface area contributed by atoms with E-state index >= 15 is 0 Å². The molecule has 34 atom stereocenters. The first-order chi connectivity index (χ1) is 38.8. The first-order valence-corrected chi connectivity index (χ1v) is 26.0. The third-order valence-corrected chi connectivity index (χ3v) is 15.0. The van der Waals surface area contributed by atoms with Gasteiger partial charge in [0.2, 0.25) is 11.8 Å². The van der Waals surface area contributed by atoms with Gasteiger partial charge in [0.05, 0.1) is 46.2 Å². The molecular formula is C45H76N2O35. The van der Waals surface area contributed by atoms with Crippen molar-refractivity contribution in [1.29, 1.82) is 0 Å². The van der Waals surface area contributed by atoms with Crippen molar-refractivity contribution in [3.63, 3.8) is 0 Å². The van der Waals surface area contributed by atoms with Crippen molar-refractivity contribution in [1.82, 2.24) is 10.6 Å². The van der Waals surface area contributed by atoms with E-state index in [2.05, 4.69) is 10.6 Å². The summed E-state index contributed by atoms with van der Waals surface area (Å²) in [6.45, 7) is -4.98. The first-order valence-electron chi connectivity index (χ1n) is 26.0. The number of amides is 2. The summed E-state index contributed by atoms with van der Waals surface area (Å²) < 4.78 is 76.3. The van der Waals surface area contributed by atoms with Gasteiger partial charge in [0.15, 0.2) is 44.0 Å². The minimum Gasteiger partial charge on any atom is -0.394 e. The minimum absolute atomic E-state index is 0.835. The number of nitrogens with one attached hydrogen (secondary N) is 2. The average molecular weight is 1210 g/mol. The number of ether oxygens (including phenoxy) is 13. The second kappa shape index (κ2) is 29.1. The molecule has 0 radical (unpaired) electrons. The Labute approximate surface area is 464 Å². The second-order valence-corrected chi connectivity index (χ2v) is 20.6. The molecule has 0 aliphatic carbocycles. The van der Waals surface area contributed by atoms with Crippen LogP contribution in [0.25, 0.3) is 0 Å². The van der Waals surface area contributed by atoms with Crippen LogP contribution in [0.2, 0.25) is 0 Å². The summed E-state index contributed by atoms with van der Waals surface area (Å²) in [6.07, 6.45) is -63.1. The van der Waals surface area contributed by atoms with Crippen molar-refractivity contribution >= 4 is 11.8 Å². The van der Waals surface area contributed by atoms with Gasteiger partial charge in [-0.15, -0.1) is 0 Å². The lowest BCUT2D eigenvalue weighted by molar-refractivity contribution is -0.399. The lowest BCUT2D eigenvalue weighted by atomic mass is 9.93. The van der Waals surface area contributed by atoms with Crippen LogP contribution in [0.5, 0.6) is 0 Å². The molecule has 82 heavy (non-hydrogen) atoms. The molecule has 2 amide bonds. The topological polar surface area (TPSA) is 583 Å². The number of carbonyl (C=O) groups is 2. The fraction of sp³-hybridized carbons (Fsp3) is 0.956. The Morgan fingerprint density at radius 1 is 0.317 bits per heavy atom. The predicted molar refractivity (Wildman–Crippen MR) is 249 cm³/mol. The molecule has 0 bridgehead atoms. The van der Waals surface area contributed by atoms with Gasteiger partial charge in [-0.1, -0.05) is 0 Å². The number of carbonyl (C=O) groups excluding carboxylic acids is 2. The number of hydrogen-bond donors (Lipinski definition) is 22. The molecule has 0 aromatic heterocycles. The standard InChI is InChI=1S/C45H76N2O35/c1-10(54)46-19-26(61)34(16(7-52)76-40(19)79-35-17(8-53)71-39(69)20(47-11(2)55)36(35)80-43-32(67)28(63)22(57)13(4-49)73-43)78-45-38(82-42-30(65)24(59)15(6-51)75-42)37(81-44-33(68)29(64)23(58)14(5-50)74-44)25(60)18(77-45)9-70-41-31(66)27(62)21(56)12(3-48)72-41/h12-45,48-53,56-69H,3-9H2,1-2H3,(H,46,54)(H,47,55)/t12-,13-,14-,15-,16-,17-,18-,19-,20-,21-,22+,23-,24+,25-,26-,27+,28+,29+,30-,31+,32-,33+,34-,35-,36-,37+,38+,39-,40+,41+,42+,43-,44-,45+/m1/s1. The third-order valence-electron chi connectivity index (χ3n) is 15.0. The highest BCUT2D eigenvalue weighted by molar-refractivity contribution is 5.73. The van der Waals surface area contributed by atoms with E-state index in [0.29, 0.717) is 0 Å². The van der Waals surface area contributed by atoms with Gasteiger partial charge >= 0.3 is 0 Å². The highest BCUT2D eigenvalue weighted by atomic mass is 16.8. The van der Waals surface area contributed by atoms with Crippen LogP contribution in [0, 0.1) is 0 Å². The Bertz CT molecular complexity index is 2010. The molecule has 0 saturated carbocycles. The normalized spacial score (nSPS) is 50.2. The summed E-state index contributed by atoms with van der Waals surface area (Å²) in [5.74, 6) is -1.76. The quantitative estimate of drug-likeness (QED) is 0.0507. The molecule has 476 valence electrons. The summed E-state index contributed by atoms with van der Waals surface area (Å²) in [4.78, 5) is 25.5. The average Bonchev–Trinajstić information content (AvgIpc) is 3.90. The van der Waals surface area contributed by atoms with E-state index in [4.69, 9.17) is 61.6 Å². The molecular weight excluding hydrogens is 1130 g/mol. The maximum absolute atomic E-state index is 13.0. The van der Waals surface area contributed by atoms with Gasteiger partial charge in [-0.2, -0.15) is 0 Å². The van der Waals surface area contributed by atoms with Crippen LogP contribution in [0.15, 0.2) is 0 Å². The summed E-state index contributed by atoms with van der Waals surface area (Å²) in [5.41, 5.74) is 0. The predicted octanol–water partition coefficient (Wildman–Crippen LogP) is -15.3. The number of aliphatic hydroxyl groups excluding tert-OH is 20. The summed E-state index contributed by atoms with van der Waals surface area (Å²) in [7, 11) is 0. The zero-order valence-electron chi connectivity index (χ0n) is 43.6. The first kappa shape index (κ1) is 67.1. The molecule has 7 heterocycles. The lowest BCUT2D eigenvalue weighted by Gasteiger charge is -2.51. The molecule has 7 aliphatic heterocycles. The summed E-state index contributed by atoms with van der Waals surface area (Å²) in [6, 6.07) is -3.66. The van der Waals surface area contributed by atoms with Crippen LogP contribution in [-0.4, -0.2) is 369 Å². The Kier molecular flexibility index (Phi) is 23.8. The van der Waals surface area contributed by atoms with E-state index in [-0.39, 0.29) is 0 Å². The Morgan fingerprint density at radius 2 is 0.659 bits per heavy atom.